The van der Waals surface area contributed by atoms with Gasteiger partial charge in [-0.3, -0.25) is 14.3 Å². The minimum atomic E-state index is -0.0124. The Kier molecular flexibility index (Phi) is 4.20. The Balaban J connectivity index is 1.49. The van der Waals surface area contributed by atoms with Crippen molar-refractivity contribution in [1.29, 1.82) is 0 Å². The molecule has 2 aromatic heterocycles. The Morgan fingerprint density at radius 1 is 1.11 bits per heavy atom. The van der Waals surface area contributed by atoms with Crippen LogP contribution in [0.2, 0.25) is 0 Å². The van der Waals surface area contributed by atoms with E-state index >= 15 is 0 Å². The lowest BCUT2D eigenvalue weighted by Crippen LogP contribution is -2.29. The van der Waals surface area contributed by atoms with Crippen molar-refractivity contribution in [1.82, 2.24) is 29.5 Å². The van der Waals surface area contributed by atoms with Crippen molar-refractivity contribution < 1.29 is 9.21 Å². The molecule has 0 spiro atoms. The Labute approximate surface area is 162 Å². The van der Waals surface area contributed by atoms with Gasteiger partial charge in [0, 0.05) is 7.05 Å². The highest BCUT2D eigenvalue weighted by atomic mass is 16.4. The van der Waals surface area contributed by atoms with Crippen LogP contribution >= 0.6 is 0 Å². The van der Waals surface area contributed by atoms with Crippen LogP contribution in [0.25, 0.3) is 17.3 Å². The van der Waals surface area contributed by atoms with E-state index in [1.54, 1.807) is 18.3 Å². The molecule has 1 fully saturated rings. The molecule has 0 N–H and O–H groups in total. The van der Waals surface area contributed by atoms with Crippen LogP contribution in [-0.4, -0.2) is 55.6 Å². The summed E-state index contributed by atoms with van der Waals surface area (Å²) in [7, 11) is 1.79. The Hall–Kier alpha value is -3.00. The highest BCUT2D eigenvalue weighted by molar-refractivity contribution is 5.98. The fraction of sp³-hybridized carbons (Fsp3) is 0.400. The molecule has 28 heavy (non-hydrogen) atoms. The molecule has 0 saturated carbocycles. The standard InChI is InChI=1S/C20H22N6O2/c1-24-11-16-18(19-23-22-17(28-19)12-25-9-5-2-6-10-25)21-13-26(16)15-8-4-3-7-14(15)20(24)27/h3-4,7-8,13H,2,5-6,9-12H2,1H3. The third kappa shape index (κ3) is 2.90. The van der Waals surface area contributed by atoms with Crippen molar-refractivity contribution in [2.45, 2.75) is 32.4 Å². The predicted molar refractivity (Wildman–Crippen MR) is 102 cm³/mol. The number of hydrogen-bond donors (Lipinski definition) is 0. The SMILES string of the molecule is CN1Cc2c(-c3nnc(CN4CCCCC4)o3)ncn2-c2ccccc2C1=O. The van der Waals surface area contributed by atoms with E-state index in [0.717, 1.165) is 24.5 Å². The molecule has 1 amide bonds. The van der Waals surface area contributed by atoms with Gasteiger partial charge in [-0.1, -0.05) is 18.6 Å². The summed E-state index contributed by atoms with van der Waals surface area (Å²) in [6.45, 7) is 3.24. The number of hydrogen-bond acceptors (Lipinski definition) is 6. The first-order valence-corrected chi connectivity index (χ1v) is 9.67. The average molecular weight is 378 g/mol. The van der Waals surface area contributed by atoms with Crippen LogP contribution < -0.4 is 0 Å². The summed E-state index contributed by atoms with van der Waals surface area (Å²) in [6, 6.07) is 7.56. The number of fused-ring (bicyclic) bond motifs is 3. The summed E-state index contributed by atoms with van der Waals surface area (Å²) in [4.78, 5) is 21.3. The van der Waals surface area contributed by atoms with E-state index in [0.29, 0.717) is 36.1 Å². The Morgan fingerprint density at radius 2 is 1.93 bits per heavy atom. The third-order valence-electron chi connectivity index (χ3n) is 5.47. The summed E-state index contributed by atoms with van der Waals surface area (Å²) in [5.41, 5.74) is 2.98. The second-order valence-electron chi connectivity index (χ2n) is 7.43. The zero-order valence-electron chi connectivity index (χ0n) is 15.8. The molecule has 2 aliphatic rings. The minimum absolute atomic E-state index is 0.0124. The first kappa shape index (κ1) is 17.1. The van der Waals surface area contributed by atoms with Gasteiger partial charge in [0.25, 0.3) is 11.8 Å². The van der Waals surface area contributed by atoms with Crippen molar-refractivity contribution in [3.05, 3.63) is 47.7 Å². The second kappa shape index (κ2) is 6.87. The smallest absolute Gasteiger partial charge is 0.268 e. The Morgan fingerprint density at radius 3 is 2.79 bits per heavy atom. The van der Waals surface area contributed by atoms with Crippen LogP contribution in [0.3, 0.4) is 0 Å². The number of benzene rings is 1. The number of para-hydroxylation sites is 1. The summed E-state index contributed by atoms with van der Waals surface area (Å²) < 4.78 is 7.89. The monoisotopic (exact) mass is 378 g/mol. The Bertz CT molecular complexity index is 1020. The number of piperidine rings is 1. The molecule has 3 aromatic rings. The van der Waals surface area contributed by atoms with E-state index in [1.807, 2.05) is 28.8 Å². The van der Waals surface area contributed by atoms with E-state index in [9.17, 15) is 4.79 Å². The minimum Gasteiger partial charge on any atom is -0.418 e. The van der Waals surface area contributed by atoms with Gasteiger partial charge >= 0.3 is 0 Å². The fourth-order valence-corrected chi connectivity index (χ4v) is 4.00. The molecule has 8 nitrogen and oxygen atoms in total. The van der Waals surface area contributed by atoms with Crippen LogP contribution in [0, 0.1) is 0 Å². The molecule has 8 heteroatoms. The number of amides is 1. The van der Waals surface area contributed by atoms with E-state index in [1.165, 1.54) is 19.3 Å². The van der Waals surface area contributed by atoms with Gasteiger partial charge in [0.2, 0.25) is 5.89 Å². The number of imidazole rings is 1. The maximum absolute atomic E-state index is 12.7. The van der Waals surface area contributed by atoms with Crippen molar-refractivity contribution in [3.63, 3.8) is 0 Å². The molecule has 0 atom stereocenters. The first-order chi connectivity index (χ1) is 13.7. The second-order valence-corrected chi connectivity index (χ2v) is 7.43. The van der Waals surface area contributed by atoms with E-state index in [-0.39, 0.29) is 5.91 Å². The van der Waals surface area contributed by atoms with Gasteiger partial charge in [0.05, 0.1) is 30.0 Å². The van der Waals surface area contributed by atoms with Crippen molar-refractivity contribution in [2.75, 3.05) is 20.1 Å². The number of likely N-dealkylation sites (tertiary alicyclic amines) is 1. The highest BCUT2D eigenvalue weighted by Crippen LogP contribution is 2.30. The topological polar surface area (TPSA) is 80.3 Å². The summed E-state index contributed by atoms with van der Waals surface area (Å²) >= 11 is 0. The molecule has 0 unspecified atom stereocenters. The van der Waals surface area contributed by atoms with Gasteiger partial charge in [0.1, 0.15) is 6.33 Å². The van der Waals surface area contributed by atoms with Crippen LogP contribution in [0.15, 0.2) is 35.0 Å². The van der Waals surface area contributed by atoms with Crippen molar-refractivity contribution >= 4 is 5.91 Å². The van der Waals surface area contributed by atoms with Gasteiger partial charge in [-0.15, -0.1) is 10.2 Å². The summed E-state index contributed by atoms with van der Waals surface area (Å²) in [5.74, 6) is 1.000. The highest BCUT2D eigenvalue weighted by Gasteiger charge is 2.28. The van der Waals surface area contributed by atoms with Crippen LogP contribution in [-0.2, 0) is 13.1 Å². The summed E-state index contributed by atoms with van der Waals surface area (Å²) in [6.07, 6.45) is 5.45. The van der Waals surface area contributed by atoms with E-state index < -0.39 is 0 Å². The molecule has 2 aliphatic heterocycles. The molecule has 144 valence electrons. The lowest BCUT2D eigenvalue weighted by atomic mass is 10.1. The number of aromatic nitrogens is 4. The first-order valence-electron chi connectivity index (χ1n) is 9.67. The van der Waals surface area contributed by atoms with Crippen molar-refractivity contribution in [2.24, 2.45) is 0 Å². The maximum atomic E-state index is 12.7. The molecular weight excluding hydrogens is 356 g/mol. The van der Waals surface area contributed by atoms with Crippen LogP contribution in [0.5, 0.6) is 0 Å². The van der Waals surface area contributed by atoms with Gasteiger partial charge in [-0.2, -0.15) is 0 Å². The molecule has 0 bridgehead atoms. The number of nitrogens with zero attached hydrogens (tertiary/aromatic N) is 6. The van der Waals surface area contributed by atoms with Crippen LogP contribution in [0.1, 0.15) is 41.2 Å². The maximum Gasteiger partial charge on any atom is 0.268 e. The number of carbonyl (C=O) groups is 1. The lowest BCUT2D eigenvalue weighted by molar-refractivity contribution is 0.0788. The molecule has 4 heterocycles. The van der Waals surface area contributed by atoms with Gasteiger partial charge in [-0.25, -0.2) is 4.98 Å². The molecular formula is C20H22N6O2. The zero-order chi connectivity index (χ0) is 19.1. The predicted octanol–water partition coefficient (Wildman–Crippen LogP) is 2.49. The lowest BCUT2D eigenvalue weighted by Gasteiger charge is -2.24. The van der Waals surface area contributed by atoms with E-state index in [2.05, 4.69) is 20.1 Å². The molecule has 0 radical (unpaired) electrons. The van der Waals surface area contributed by atoms with Crippen LogP contribution in [0.4, 0.5) is 0 Å². The largest absolute Gasteiger partial charge is 0.418 e. The van der Waals surface area contributed by atoms with Gasteiger partial charge in [-0.05, 0) is 38.1 Å². The molecule has 5 rings (SSSR count). The van der Waals surface area contributed by atoms with Gasteiger partial charge < -0.3 is 9.32 Å². The molecule has 0 aliphatic carbocycles. The quantitative estimate of drug-likeness (QED) is 0.697. The van der Waals surface area contributed by atoms with E-state index in [4.69, 9.17) is 4.42 Å². The molecule has 1 saturated heterocycles. The molecule has 1 aromatic carbocycles. The number of carbonyl (C=O) groups excluding carboxylic acids is 1. The summed E-state index contributed by atoms with van der Waals surface area (Å²) in [5, 5.41) is 8.47. The van der Waals surface area contributed by atoms with Crippen molar-refractivity contribution in [3.8, 4) is 17.3 Å². The third-order valence-corrected chi connectivity index (χ3v) is 5.47. The van der Waals surface area contributed by atoms with Gasteiger partial charge in [0.15, 0.2) is 5.69 Å². The fourth-order valence-electron chi connectivity index (χ4n) is 4.00. The average Bonchev–Trinajstić information content (AvgIpc) is 3.32. The normalized spacial score (nSPS) is 17.3. The zero-order valence-corrected chi connectivity index (χ0v) is 15.8. The number of rotatable bonds is 3.